The molecule has 8 nitrogen and oxygen atoms in total. The molecular weight excluding hydrogens is 448 g/mol. The molecule has 2 N–H and O–H groups in total. The van der Waals surface area contributed by atoms with Crippen LogP contribution in [-0.2, 0) is 21.1 Å². The molecule has 0 saturated heterocycles. The van der Waals surface area contributed by atoms with E-state index in [9.17, 15) is 0 Å². The molecule has 3 aromatic heterocycles. The van der Waals surface area contributed by atoms with Gasteiger partial charge in [0.15, 0.2) is 0 Å². The second kappa shape index (κ2) is 9.73. The van der Waals surface area contributed by atoms with Crippen LogP contribution in [0.3, 0.4) is 0 Å². The van der Waals surface area contributed by atoms with E-state index in [-0.39, 0.29) is 12.1 Å². The molecule has 0 spiro atoms. The van der Waals surface area contributed by atoms with Gasteiger partial charge in [-0.15, -0.1) is 0 Å². The van der Waals surface area contributed by atoms with Gasteiger partial charge in [0.25, 0.3) is 0 Å². The molecule has 36 heavy (non-hydrogen) atoms. The fraction of sp³-hybridized carbons (Fsp3) is 0.250. The lowest BCUT2D eigenvalue weighted by atomic mass is 9.89. The third kappa shape index (κ3) is 4.26. The van der Waals surface area contributed by atoms with E-state index in [0.717, 1.165) is 33.9 Å². The summed E-state index contributed by atoms with van der Waals surface area (Å²) in [6.07, 6.45) is 17.9. The maximum atomic E-state index is 4.73. The van der Waals surface area contributed by atoms with Crippen molar-refractivity contribution in [2.45, 2.75) is 25.9 Å². The summed E-state index contributed by atoms with van der Waals surface area (Å²) in [5.74, 6) is 0.921. The van der Waals surface area contributed by atoms with E-state index < -0.39 is 0 Å². The normalized spacial score (nSPS) is 17.2. The number of benzene rings is 1. The Balaban J connectivity index is 0.00000130. The summed E-state index contributed by atoms with van der Waals surface area (Å²) in [5, 5.41) is 12.8. The Kier molecular flexibility index (Phi) is 6.33. The van der Waals surface area contributed by atoms with Gasteiger partial charge in [0, 0.05) is 80.7 Å². The van der Waals surface area contributed by atoms with Crippen LogP contribution < -0.4 is 10.6 Å². The molecule has 1 aliphatic heterocycles. The van der Waals surface area contributed by atoms with Gasteiger partial charge in [-0.2, -0.15) is 5.10 Å². The van der Waals surface area contributed by atoms with Crippen LogP contribution >= 0.6 is 0 Å². The van der Waals surface area contributed by atoms with Crippen LogP contribution in [0.25, 0.3) is 16.5 Å². The third-order valence-corrected chi connectivity index (χ3v) is 6.47. The zero-order valence-electron chi connectivity index (χ0n) is 21.3. The molecule has 4 heterocycles. The van der Waals surface area contributed by atoms with Gasteiger partial charge in [0.2, 0.25) is 0 Å². The average molecular weight is 481 g/mol. The lowest BCUT2D eigenvalue weighted by Gasteiger charge is -2.29. The van der Waals surface area contributed by atoms with Crippen LogP contribution in [0, 0.1) is 0 Å². The number of aryl methyl sites for hydroxylation is 3. The highest BCUT2D eigenvalue weighted by Gasteiger charge is 2.27. The van der Waals surface area contributed by atoms with Crippen molar-refractivity contribution in [2.24, 2.45) is 26.1 Å². The minimum absolute atomic E-state index is 0.0208. The largest absolute Gasteiger partial charge is 0.378 e. The number of imidazole rings is 1. The quantitative estimate of drug-likeness (QED) is 0.449. The Bertz CT molecular complexity index is 1510. The summed E-state index contributed by atoms with van der Waals surface area (Å²) < 4.78 is 6.00. The van der Waals surface area contributed by atoms with Gasteiger partial charge in [-0.3, -0.25) is 9.67 Å². The van der Waals surface area contributed by atoms with E-state index in [1.165, 1.54) is 10.9 Å². The van der Waals surface area contributed by atoms with Crippen molar-refractivity contribution in [2.75, 3.05) is 0 Å². The fourth-order valence-corrected chi connectivity index (χ4v) is 4.70. The minimum Gasteiger partial charge on any atom is -0.378 e. The van der Waals surface area contributed by atoms with Crippen molar-refractivity contribution in [3.05, 3.63) is 102 Å². The van der Waals surface area contributed by atoms with Gasteiger partial charge in [-0.05, 0) is 35.2 Å². The van der Waals surface area contributed by atoms with Crippen LogP contribution in [0.1, 0.15) is 36.8 Å². The van der Waals surface area contributed by atoms with Crippen molar-refractivity contribution in [3.63, 3.8) is 0 Å². The summed E-state index contributed by atoms with van der Waals surface area (Å²) in [5.41, 5.74) is 6.49. The van der Waals surface area contributed by atoms with Crippen molar-refractivity contribution in [1.29, 1.82) is 0 Å². The van der Waals surface area contributed by atoms with Crippen LogP contribution in [0.5, 0.6) is 0 Å². The summed E-state index contributed by atoms with van der Waals surface area (Å²) >= 11 is 0. The average Bonchev–Trinajstić information content (AvgIpc) is 3.63. The number of fused-ring (bicyclic) bond motifs is 2. The molecule has 2 unspecified atom stereocenters. The Morgan fingerprint density at radius 1 is 1.06 bits per heavy atom. The SMILES string of the molecule is CC.Cn1cc(C(NC2=CC3NC=CN=C3C(c3ccc4ccn(C)c4c3)=C2)c2nccn2C)cn1. The molecule has 0 amide bonds. The highest BCUT2D eigenvalue weighted by Crippen LogP contribution is 2.30. The minimum atomic E-state index is -0.148. The number of allylic oxidation sites excluding steroid dienone is 1. The van der Waals surface area contributed by atoms with Crippen LogP contribution in [0.2, 0.25) is 0 Å². The molecule has 8 heteroatoms. The van der Waals surface area contributed by atoms with Gasteiger partial charge in [-0.1, -0.05) is 26.0 Å². The van der Waals surface area contributed by atoms with E-state index in [2.05, 4.69) is 74.9 Å². The Morgan fingerprint density at radius 2 is 1.92 bits per heavy atom. The monoisotopic (exact) mass is 480 g/mol. The van der Waals surface area contributed by atoms with Crippen molar-refractivity contribution in [1.82, 2.24) is 34.5 Å². The number of hydrogen-bond donors (Lipinski definition) is 2. The second-order valence-electron chi connectivity index (χ2n) is 8.78. The molecular formula is C28H32N8. The predicted octanol–water partition coefficient (Wildman–Crippen LogP) is 4.22. The topological polar surface area (TPSA) is 77.0 Å². The van der Waals surface area contributed by atoms with Crippen LogP contribution in [0.4, 0.5) is 0 Å². The molecule has 0 bridgehead atoms. The number of rotatable bonds is 5. The third-order valence-electron chi connectivity index (χ3n) is 6.47. The Hall–Kier alpha value is -4.33. The van der Waals surface area contributed by atoms with E-state index in [1.54, 1.807) is 0 Å². The van der Waals surface area contributed by atoms with Crippen molar-refractivity contribution < 1.29 is 0 Å². The highest BCUT2D eigenvalue weighted by atomic mass is 15.2. The molecule has 0 fully saturated rings. The van der Waals surface area contributed by atoms with E-state index in [1.807, 2.05) is 74.4 Å². The number of nitrogens with one attached hydrogen (secondary N) is 2. The predicted molar refractivity (Wildman–Crippen MR) is 145 cm³/mol. The first-order valence-corrected chi connectivity index (χ1v) is 12.3. The molecule has 0 radical (unpaired) electrons. The van der Waals surface area contributed by atoms with Gasteiger partial charge in [-0.25, -0.2) is 4.98 Å². The number of nitrogens with zero attached hydrogens (tertiary/aromatic N) is 6. The Morgan fingerprint density at radius 3 is 2.67 bits per heavy atom. The maximum absolute atomic E-state index is 4.73. The molecule has 1 aliphatic carbocycles. The molecule has 2 atom stereocenters. The number of aliphatic imine (C=N–C) groups is 1. The van der Waals surface area contributed by atoms with E-state index in [0.29, 0.717) is 0 Å². The summed E-state index contributed by atoms with van der Waals surface area (Å²) in [7, 11) is 6.01. The van der Waals surface area contributed by atoms with Crippen molar-refractivity contribution in [3.8, 4) is 0 Å². The van der Waals surface area contributed by atoms with Gasteiger partial charge >= 0.3 is 0 Å². The smallest absolute Gasteiger partial charge is 0.135 e. The molecule has 4 aromatic rings. The molecule has 2 aliphatic rings. The maximum Gasteiger partial charge on any atom is 0.135 e. The first kappa shape index (κ1) is 23.4. The lowest BCUT2D eigenvalue weighted by molar-refractivity contribution is 0.622. The summed E-state index contributed by atoms with van der Waals surface area (Å²) in [6.45, 7) is 4.00. The summed E-state index contributed by atoms with van der Waals surface area (Å²) in [6, 6.07) is 8.55. The van der Waals surface area contributed by atoms with E-state index >= 15 is 0 Å². The molecule has 184 valence electrons. The summed E-state index contributed by atoms with van der Waals surface area (Å²) in [4.78, 5) is 9.36. The van der Waals surface area contributed by atoms with Gasteiger partial charge < -0.3 is 19.8 Å². The highest BCUT2D eigenvalue weighted by molar-refractivity contribution is 6.29. The van der Waals surface area contributed by atoms with E-state index in [4.69, 9.17) is 4.99 Å². The second-order valence-corrected chi connectivity index (χ2v) is 8.78. The van der Waals surface area contributed by atoms with Crippen LogP contribution in [0.15, 0.2) is 90.5 Å². The lowest BCUT2D eigenvalue weighted by Crippen LogP contribution is -2.38. The molecule has 0 saturated carbocycles. The van der Waals surface area contributed by atoms with Gasteiger partial charge in [0.1, 0.15) is 11.9 Å². The van der Waals surface area contributed by atoms with Crippen LogP contribution in [-0.4, -0.2) is 35.7 Å². The Labute approximate surface area is 211 Å². The number of hydrogen-bond acceptors (Lipinski definition) is 5. The van der Waals surface area contributed by atoms with Crippen molar-refractivity contribution >= 4 is 22.2 Å². The molecule has 6 rings (SSSR count). The first-order chi connectivity index (χ1) is 17.6. The zero-order valence-corrected chi connectivity index (χ0v) is 21.3. The van der Waals surface area contributed by atoms with Gasteiger partial charge in [0.05, 0.1) is 18.0 Å². The molecule has 1 aromatic carbocycles. The fourth-order valence-electron chi connectivity index (χ4n) is 4.70. The number of aromatic nitrogens is 5. The standard InChI is InChI=1S/C26H26N8.C2H6/c1-32-10-6-17-4-5-18(12-23(17)32)21-13-20(14-22-25(21)28-8-7-27-22)31-24(19-15-30-34(3)16-19)26-29-9-11-33(26)2;1-2/h4-16,22,24,27,31H,1-3H3;1-2H3. The first-order valence-electron chi connectivity index (χ1n) is 12.3. The zero-order chi connectivity index (χ0) is 25.2.